The molecule has 1 aliphatic heterocycles. The normalized spacial score (nSPS) is 17.8. The lowest BCUT2D eigenvalue weighted by Crippen LogP contribution is -2.41. The summed E-state index contributed by atoms with van der Waals surface area (Å²) in [4.78, 5) is 26.4. The number of rotatable bonds is 9. The van der Waals surface area contributed by atoms with Crippen LogP contribution in [0.15, 0.2) is 36.4 Å². The van der Waals surface area contributed by atoms with Crippen LogP contribution in [0.4, 0.5) is 5.69 Å². The first-order chi connectivity index (χ1) is 14.7. The van der Waals surface area contributed by atoms with Crippen molar-refractivity contribution in [2.75, 3.05) is 18.6 Å². The molecule has 166 valence electrons. The Morgan fingerprint density at radius 3 is 2.58 bits per heavy atom. The van der Waals surface area contributed by atoms with E-state index in [9.17, 15) is 14.7 Å². The summed E-state index contributed by atoms with van der Waals surface area (Å²) in [5.74, 6) is 0.918. The predicted molar refractivity (Wildman–Crippen MR) is 120 cm³/mol. The first-order valence-electron chi connectivity index (χ1n) is 10.3. The summed E-state index contributed by atoms with van der Waals surface area (Å²) in [5.41, 5.74) is -0.236. The van der Waals surface area contributed by atoms with Crippen molar-refractivity contribution in [3.63, 3.8) is 0 Å². The number of benzene rings is 2. The van der Waals surface area contributed by atoms with E-state index in [2.05, 4.69) is 13.8 Å². The zero-order chi connectivity index (χ0) is 22.8. The highest BCUT2D eigenvalue weighted by molar-refractivity contribution is 6.31. The van der Waals surface area contributed by atoms with Crippen molar-refractivity contribution in [3.8, 4) is 11.5 Å². The molecule has 0 saturated heterocycles. The molecule has 1 unspecified atom stereocenters. The average molecular weight is 446 g/mol. The first-order valence-corrected chi connectivity index (χ1v) is 10.7. The molecule has 1 aliphatic rings. The third-order valence-corrected chi connectivity index (χ3v) is 5.56. The molecule has 1 heterocycles. The molecule has 0 radical (unpaired) electrons. The average Bonchev–Trinajstić information content (AvgIpc) is 2.89. The van der Waals surface area contributed by atoms with Gasteiger partial charge in [0, 0.05) is 17.0 Å². The Hall–Kier alpha value is -2.57. The molecular formula is C24H28ClNO5. The number of aliphatic hydroxyl groups is 1. The number of ether oxygens (including phenoxy) is 2. The van der Waals surface area contributed by atoms with Gasteiger partial charge in [0.05, 0.1) is 25.9 Å². The Balaban J connectivity index is 1.88. The molecule has 2 aromatic carbocycles. The van der Waals surface area contributed by atoms with Crippen molar-refractivity contribution in [1.82, 2.24) is 0 Å². The summed E-state index contributed by atoms with van der Waals surface area (Å²) in [7, 11) is 1.57. The lowest BCUT2D eigenvalue weighted by atomic mass is 9.90. The number of hydrogen-bond donors (Lipinski definition) is 1. The number of carbonyl (C=O) groups excluding carboxylic acids is 2. The molecule has 0 fully saturated rings. The number of carbonyl (C=O) groups is 2. The highest BCUT2D eigenvalue weighted by Gasteiger charge is 2.50. The lowest BCUT2D eigenvalue weighted by Gasteiger charge is -2.22. The number of methoxy groups -OCH3 is 1. The monoisotopic (exact) mass is 445 g/mol. The number of hydrogen-bond acceptors (Lipinski definition) is 5. The molecule has 0 aliphatic carbocycles. The SMILES string of the molecule is COc1cc(CN2C(=O)C(O)(CC(C)=O)c3cc(Cl)ccc32)ccc1OCCC(C)C. The van der Waals surface area contributed by atoms with Crippen molar-refractivity contribution in [1.29, 1.82) is 0 Å². The Morgan fingerprint density at radius 1 is 1.19 bits per heavy atom. The van der Waals surface area contributed by atoms with Crippen LogP contribution in [0.25, 0.3) is 0 Å². The fourth-order valence-electron chi connectivity index (χ4n) is 3.73. The van der Waals surface area contributed by atoms with E-state index in [4.69, 9.17) is 21.1 Å². The van der Waals surface area contributed by atoms with Gasteiger partial charge in [-0.2, -0.15) is 0 Å². The molecule has 3 rings (SSSR count). The van der Waals surface area contributed by atoms with Gasteiger partial charge in [-0.25, -0.2) is 0 Å². The van der Waals surface area contributed by atoms with Crippen molar-refractivity contribution < 1.29 is 24.2 Å². The third-order valence-electron chi connectivity index (χ3n) is 5.32. The van der Waals surface area contributed by atoms with Crippen LogP contribution in [0.5, 0.6) is 11.5 Å². The van der Waals surface area contributed by atoms with E-state index in [1.54, 1.807) is 25.3 Å². The topological polar surface area (TPSA) is 76.1 Å². The minimum atomic E-state index is -1.92. The zero-order valence-corrected chi connectivity index (χ0v) is 19.0. The summed E-state index contributed by atoms with van der Waals surface area (Å²) in [5, 5.41) is 11.5. The quantitative estimate of drug-likeness (QED) is 0.615. The number of amides is 1. The fourth-order valence-corrected chi connectivity index (χ4v) is 3.90. The smallest absolute Gasteiger partial charge is 0.264 e. The number of Topliss-reactive ketones (excluding diaryl/α,β-unsaturated/α-hetero) is 1. The van der Waals surface area contributed by atoms with Crippen LogP contribution >= 0.6 is 11.6 Å². The van der Waals surface area contributed by atoms with Gasteiger partial charge < -0.3 is 19.5 Å². The third kappa shape index (κ3) is 4.86. The second-order valence-corrected chi connectivity index (χ2v) is 8.74. The number of halogens is 1. The fraction of sp³-hybridized carbons (Fsp3) is 0.417. The molecule has 7 heteroatoms. The van der Waals surface area contributed by atoms with Crippen molar-refractivity contribution in [3.05, 3.63) is 52.5 Å². The maximum atomic E-state index is 13.2. The van der Waals surface area contributed by atoms with Gasteiger partial charge in [0.15, 0.2) is 17.1 Å². The molecule has 0 saturated carbocycles. The Morgan fingerprint density at radius 2 is 1.94 bits per heavy atom. The first kappa shape index (κ1) is 23.1. The standard InChI is InChI=1S/C24H28ClNO5/c1-15(2)9-10-31-21-8-5-17(11-22(21)30-4)14-26-20-7-6-18(25)12-19(20)24(29,23(26)28)13-16(3)27/h5-8,11-12,15,29H,9-10,13-14H2,1-4H3. The highest BCUT2D eigenvalue weighted by Crippen LogP contribution is 2.44. The van der Waals surface area contributed by atoms with Crippen LogP contribution in [-0.4, -0.2) is 30.5 Å². The summed E-state index contributed by atoms with van der Waals surface area (Å²) in [6.45, 7) is 6.41. The molecule has 0 aromatic heterocycles. The Kier molecular flexibility index (Phi) is 6.92. The van der Waals surface area contributed by atoms with E-state index < -0.39 is 11.5 Å². The van der Waals surface area contributed by atoms with Crippen LogP contribution in [0.2, 0.25) is 5.02 Å². The van der Waals surface area contributed by atoms with E-state index in [1.807, 2.05) is 18.2 Å². The zero-order valence-electron chi connectivity index (χ0n) is 18.3. The minimum absolute atomic E-state index is 0.205. The van der Waals surface area contributed by atoms with E-state index in [0.717, 1.165) is 12.0 Å². The van der Waals surface area contributed by atoms with Gasteiger partial charge in [-0.05, 0) is 55.2 Å². The van der Waals surface area contributed by atoms with Crippen LogP contribution in [0, 0.1) is 5.92 Å². The van der Waals surface area contributed by atoms with E-state index >= 15 is 0 Å². The Labute approximate surface area is 187 Å². The second-order valence-electron chi connectivity index (χ2n) is 8.31. The largest absolute Gasteiger partial charge is 0.493 e. The lowest BCUT2D eigenvalue weighted by molar-refractivity contribution is -0.141. The van der Waals surface area contributed by atoms with E-state index in [1.165, 1.54) is 11.8 Å². The summed E-state index contributed by atoms with van der Waals surface area (Å²) in [6.07, 6.45) is 0.628. The second kappa shape index (κ2) is 9.28. The van der Waals surface area contributed by atoms with Gasteiger partial charge in [-0.3, -0.25) is 9.59 Å². The van der Waals surface area contributed by atoms with Gasteiger partial charge in [-0.1, -0.05) is 31.5 Å². The van der Waals surface area contributed by atoms with Gasteiger partial charge in [0.1, 0.15) is 5.78 Å². The molecular weight excluding hydrogens is 418 g/mol. The molecule has 1 N–H and O–H groups in total. The number of nitrogens with zero attached hydrogens (tertiary/aromatic N) is 1. The number of ketones is 1. The number of anilines is 1. The minimum Gasteiger partial charge on any atom is -0.493 e. The summed E-state index contributed by atoms with van der Waals surface area (Å²) in [6, 6.07) is 10.4. The van der Waals surface area contributed by atoms with Crippen LogP contribution in [-0.2, 0) is 21.7 Å². The van der Waals surface area contributed by atoms with Gasteiger partial charge in [0.2, 0.25) is 0 Å². The molecule has 31 heavy (non-hydrogen) atoms. The molecule has 0 bridgehead atoms. The van der Waals surface area contributed by atoms with Gasteiger partial charge in [-0.15, -0.1) is 0 Å². The van der Waals surface area contributed by atoms with Crippen molar-refractivity contribution in [2.45, 2.75) is 45.8 Å². The predicted octanol–water partition coefficient (Wildman–Crippen LogP) is 4.49. The van der Waals surface area contributed by atoms with Crippen LogP contribution in [0.3, 0.4) is 0 Å². The highest BCUT2D eigenvalue weighted by atomic mass is 35.5. The molecule has 2 aromatic rings. The molecule has 0 spiro atoms. The van der Waals surface area contributed by atoms with Crippen LogP contribution < -0.4 is 14.4 Å². The van der Waals surface area contributed by atoms with Crippen LogP contribution in [0.1, 0.15) is 44.7 Å². The maximum Gasteiger partial charge on any atom is 0.264 e. The summed E-state index contributed by atoms with van der Waals surface area (Å²) >= 11 is 6.10. The molecule has 1 atom stereocenters. The van der Waals surface area contributed by atoms with Gasteiger partial charge in [0.25, 0.3) is 5.91 Å². The molecule has 6 nitrogen and oxygen atoms in total. The van der Waals surface area contributed by atoms with E-state index in [-0.39, 0.29) is 18.7 Å². The van der Waals surface area contributed by atoms with Crippen molar-refractivity contribution in [2.24, 2.45) is 5.92 Å². The number of fused-ring (bicyclic) bond motifs is 1. The van der Waals surface area contributed by atoms with Crippen molar-refractivity contribution >= 4 is 29.0 Å². The van der Waals surface area contributed by atoms with E-state index in [0.29, 0.717) is 40.3 Å². The maximum absolute atomic E-state index is 13.2. The van der Waals surface area contributed by atoms with Gasteiger partial charge >= 0.3 is 0 Å². The molecule has 1 amide bonds. The Bertz CT molecular complexity index is 990. The summed E-state index contributed by atoms with van der Waals surface area (Å²) < 4.78 is 11.3.